The molecule has 0 saturated heterocycles. The van der Waals surface area contributed by atoms with Crippen LogP contribution in [0, 0.1) is 0 Å². The van der Waals surface area contributed by atoms with E-state index in [-0.39, 0.29) is 0 Å². The van der Waals surface area contributed by atoms with E-state index in [1.165, 1.54) is 0 Å². The van der Waals surface area contributed by atoms with Gasteiger partial charge in [0.25, 0.3) is 0 Å². The Hall–Kier alpha value is -1.06. The molecule has 2 rings (SSSR count). The first kappa shape index (κ1) is 8.53. The van der Waals surface area contributed by atoms with E-state index >= 15 is 0 Å². The standard InChI is InChI=1S/C9H9ClN2O/c10-6-1-2-8-7(5-6)9(3-4-11)13-12-8/h1-2,5H,3-4,11H2. The van der Waals surface area contributed by atoms with Gasteiger partial charge in [-0.1, -0.05) is 16.8 Å². The Labute approximate surface area is 80.5 Å². The van der Waals surface area contributed by atoms with Gasteiger partial charge >= 0.3 is 0 Å². The topological polar surface area (TPSA) is 52.0 Å². The maximum Gasteiger partial charge on any atom is 0.145 e. The van der Waals surface area contributed by atoms with Crippen molar-refractivity contribution in [1.82, 2.24) is 5.16 Å². The lowest BCUT2D eigenvalue weighted by Crippen LogP contribution is -2.01. The zero-order chi connectivity index (χ0) is 9.26. The molecule has 0 amide bonds. The molecule has 1 aromatic carbocycles. The summed E-state index contributed by atoms with van der Waals surface area (Å²) in [6, 6.07) is 5.47. The molecule has 0 radical (unpaired) electrons. The normalized spacial score (nSPS) is 10.9. The SMILES string of the molecule is NCCc1onc2ccc(Cl)cc12. The lowest BCUT2D eigenvalue weighted by Gasteiger charge is -1.92. The first-order valence-corrected chi connectivity index (χ1v) is 4.43. The monoisotopic (exact) mass is 196 g/mol. The van der Waals surface area contributed by atoms with Gasteiger partial charge in [0.15, 0.2) is 0 Å². The largest absolute Gasteiger partial charge is 0.360 e. The van der Waals surface area contributed by atoms with E-state index in [2.05, 4.69) is 5.16 Å². The lowest BCUT2D eigenvalue weighted by molar-refractivity contribution is 0.392. The fourth-order valence-electron chi connectivity index (χ4n) is 1.28. The molecule has 1 aromatic heterocycles. The average Bonchev–Trinajstić information content (AvgIpc) is 2.49. The van der Waals surface area contributed by atoms with E-state index in [9.17, 15) is 0 Å². The molecule has 0 aliphatic rings. The number of fused-ring (bicyclic) bond motifs is 1. The van der Waals surface area contributed by atoms with Crippen LogP contribution < -0.4 is 5.73 Å². The summed E-state index contributed by atoms with van der Waals surface area (Å²) in [4.78, 5) is 0. The van der Waals surface area contributed by atoms with Gasteiger partial charge in [0.05, 0.1) is 0 Å². The van der Waals surface area contributed by atoms with Crippen molar-refractivity contribution in [3.05, 3.63) is 29.0 Å². The molecule has 3 nitrogen and oxygen atoms in total. The molecule has 0 fully saturated rings. The Morgan fingerprint density at radius 2 is 2.31 bits per heavy atom. The quantitative estimate of drug-likeness (QED) is 0.799. The number of aromatic nitrogens is 1. The number of halogens is 1. The smallest absolute Gasteiger partial charge is 0.145 e. The van der Waals surface area contributed by atoms with E-state index in [0.717, 1.165) is 16.7 Å². The minimum atomic E-state index is 0.552. The second-order valence-electron chi connectivity index (χ2n) is 2.81. The summed E-state index contributed by atoms with van der Waals surface area (Å²) in [7, 11) is 0. The second-order valence-corrected chi connectivity index (χ2v) is 3.24. The predicted molar refractivity (Wildman–Crippen MR) is 51.8 cm³/mol. The molecule has 1 heterocycles. The first-order chi connectivity index (χ1) is 6.31. The highest BCUT2D eigenvalue weighted by Crippen LogP contribution is 2.22. The maximum atomic E-state index is 5.85. The second kappa shape index (κ2) is 3.36. The third-order valence-corrected chi connectivity index (χ3v) is 2.12. The molecular weight excluding hydrogens is 188 g/mol. The highest BCUT2D eigenvalue weighted by atomic mass is 35.5. The molecule has 13 heavy (non-hydrogen) atoms. The van der Waals surface area contributed by atoms with Gasteiger partial charge in [-0.05, 0) is 24.7 Å². The van der Waals surface area contributed by atoms with Crippen molar-refractivity contribution in [1.29, 1.82) is 0 Å². The molecule has 4 heteroatoms. The van der Waals surface area contributed by atoms with Crippen molar-refractivity contribution in [3.63, 3.8) is 0 Å². The molecule has 0 aliphatic carbocycles. The van der Waals surface area contributed by atoms with Gasteiger partial charge in [-0.3, -0.25) is 0 Å². The molecule has 0 bridgehead atoms. The van der Waals surface area contributed by atoms with Crippen LogP contribution in [0.3, 0.4) is 0 Å². The third-order valence-electron chi connectivity index (χ3n) is 1.88. The lowest BCUT2D eigenvalue weighted by atomic mass is 10.2. The van der Waals surface area contributed by atoms with E-state index < -0.39 is 0 Å². The predicted octanol–water partition coefficient (Wildman–Crippen LogP) is 1.98. The van der Waals surface area contributed by atoms with Crippen LogP contribution in [0.4, 0.5) is 0 Å². The Bertz CT molecular complexity index is 424. The van der Waals surface area contributed by atoms with Crippen molar-refractivity contribution in [3.8, 4) is 0 Å². The zero-order valence-corrected chi connectivity index (χ0v) is 7.71. The number of hydrogen-bond donors (Lipinski definition) is 1. The van der Waals surface area contributed by atoms with Crippen LogP contribution in [0.25, 0.3) is 10.9 Å². The van der Waals surface area contributed by atoms with Gasteiger partial charge in [0.2, 0.25) is 0 Å². The first-order valence-electron chi connectivity index (χ1n) is 4.05. The minimum Gasteiger partial charge on any atom is -0.360 e. The summed E-state index contributed by atoms with van der Waals surface area (Å²) in [5.41, 5.74) is 6.25. The molecule has 0 atom stereocenters. The summed E-state index contributed by atoms with van der Waals surface area (Å²) < 4.78 is 5.12. The van der Waals surface area contributed by atoms with Gasteiger partial charge in [0, 0.05) is 16.8 Å². The van der Waals surface area contributed by atoms with Crippen LogP contribution >= 0.6 is 11.6 Å². The van der Waals surface area contributed by atoms with Crippen molar-refractivity contribution in [2.24, 2.45) is 5.73 Å². The van der Waals surface area contributed by atoms with Crippen LogP contribution in [0.2, 0.25) is 5.02 Å². The van der Waals surface area contributed by atoms with Crippen LogP contribution in [0.1, 0.15) is 5.76 Å². The maximum absolute atomic E-state index is 5.85. The van der Waals surface area contributed by atoms with Crippen LogP contribution in [-0.2, 0) is 6.42 Å². The number of hydrogen-bond acceptors (Lipinski definition) is 3. The van der Waals surface area contributed by atoms with Crippen LogP contribution in [0.15, 0.2) is 22.7 Å². The van der Waals surface area contributed by atoms with E-state index in [4.69, 9.17) is 21.9 Å². The Balaban J connectivity index is 2.58. The molecule has 0 spiro atoms. The van der Waals surface area contributed by atoms with E-state index in [1.54, 1.807) is 6.07 Å². The fourth-order valence-corrected chi connectivity index (χ4v) is 1.45. The highest BCUT2D eigenvalue weighted by Gasteiger charge is 2.06. The van der Waals surface area contributed by atoms with Crippen LogP contribution in [-0.4, -0.2) is 11.7 Å². The van der Waals surface area contributed by atoms with Crippen molar-refractivity contribution in [2.45, 2.75) is 6.42 Å². The molecule has 2 aromatic rings. The minimum absolute atomic E-state index is 0.552. The van der Waals surface area contributed by atoms with Gasteiger partial charge in [-0.25, -0.2) is 0 Å². The number of nitrogens with two attached hydrogens (primary N) is 1. The Morgan fingerprint density at radius 3 is 3.08 bits per heavy atom. The van der Waals surface area contributed by atoms with Gasteiger partial charge in [-0.2, -0.15) is 0 Å². The van der Waals surface area contributed by atoms with Crippen molar-refractivity contribution < 1.29 is 4.52 Å². The summed E-state index contributed by atoms with van der Waals surface area (Å²) >= 11 is 5.85. The average molecular weight is 197 g/mol. The van der Waals surface area contributed by atoms with Crippen LogP contribution in [0.5, 0.6) is 0 Å². The molecule has 0 aliphatic heterocycles. The fraction of sp³-hybridized carbons (Fsp3) is 0.222. The van der Waals surface area contributed by atoms with E-state index in [1.807, 2.05) is 12.1 Å². The number of nitrogens with zero attached hydrogens (tertiary/aromatic N) is 1. The molecule has 68 valence electrons. The third kappa shape index (κ3) is 1.53. The molecule has 0 unspecified atom stereocenters. The number of benzene rings is 1. The van der Waals surface area contributed by atoms with E-state index in [0.29, 0.717) is 18.0 Å². The van der Waals surface area contributed by atoms with Gasteiger partial charge < -0.3 is 10.3 Å². The number of rotatable bonds is 2. The molecule has 2 N–H and O–H groups in total. The summed E-state index contributed by atoms with van der Waals surface area (Å²) in [6.45, 7) is 0.552. The Kier molecular flexibility index (Phi) is 2.20. The Morgan fingerprint density at radius 1 is 1.46 bits per heavy atom. The zero-order valence-electron chi connectivity index (χ0n) is 6.96. The molecule has 0 saturated carbocycles. The summed E-state index contributed by atoms with van der Waals surface area (Å²) in [6.07, 6.45) is 0.691. The van der Waals surface area contributed by atoms with Gasteiger partial charge in [0.1, 0.15) is 11.3 Å². The molecular formula is C9H9ClN2O. The summed E-state index contributed by atoms with van der Waals surface area (Å²) in [5, 5.41) is 5.53. The van der Waals surface area contributed by atoms with Crippen molar-refractivity contribution in [2.75, 3.05) is 6.54 Å². The van der Waals surface area contributed by atoms with Gasteiger partial charge in [-0.15, -0.1) is 0 Å². The summed E-state index contributed by atoms with van der Waals surface area (Å²) in [5.74, 6) is 0.806. The highest BCUT2D eigenvalue weighted by molar-refractivity contribution is 6.31. The van der Waals surface area contributed by atoms with Crippen molar-refractivity contribution >= 4 is 22.5 Å².